The number of non-ortho nitro benzene ring substituents is 1. The van der Waals surface area contributed by atoms with E-state index in [1.165, 1.54) is 30.0 Å². The number of thioether (sulfide) groups is 1. The molecule has 0 spiro atoms. The Labute approximate surface area is 118 Å². The van der Waals surface area contributed by atoms with E-state index < -0.39 is 4.92 Å². The van der Waals surface area contributed by atoms with Gasteiger partial charge in [0, 0.05) is 35.0 Å². The van der Waals surface area contributed by atoms with E-state index in [9.17, 15) is 14.9 Å². The van der Waals surface area contributed by atoms with Gasteiger partial charge in [-0.05, 0) is 6.07 Å². The van der Waals surface area contributed by atoms with Crippen molar-refractivity contribution in [2.75, 3.05) is 18.8 Å². The minimum absolute atomic E-state index is 0.0450. The molecule has 1 aliphatic heterocycles. The van der Waals surface area contributed by atoms with E-state index >= 15 is 0 Å². The van der Waals surface area contributed by atoms with Gasteiger partial charge in [-0.1, -0.05) is 23.4 Å². The average Bonchev–Trinajstić information content (AvgIpc) is 2.74. The number of hydrogen-bond donors (Lipinski definition) is 1. The van der Waals surface area contributed by atoms with E-state index in [1.54, 1.807) is 4.90 Å². The third-order valence-electron chi connectivity index (χ3n) is 2.64. The van der Waals surface area contributed by atoms with Crippen LogP contribution in [-0.2, 0) is 0 Å². The molecule has 1 fully saturated rings. The van der Waals surface area contributed by atoms with E-state index in [0.717, 1.165) is 5.75 Å². The highest BCUT2D eigenvalue weighted by Gasteiger charge is 2.22. The molecule has 1 N–H and O–H groups in total. The molecule has 1 aromatic rings. The fourth-order valence-electron chi connectivity index (χ4n) is 1.70. The van der Waals surface area contributed by atoms with Crippen LogP contribution < -0.4 is 0 Å². The largest absolute Gasteiger partial charge is 0.343 e. The molecule has 0 saturated carbocycles. The molecule has 1 aromatic carbocycles. The predicted molar refractivity (Wildman–Crippen MR) is 74.2 cm³/mol. The molecule has 1 aliphatic rings. The zero-order valence-electron chi connectivity index (χ0n) is 9.76. The molecular weight excluding hydrogens is 290 g/mol. The number of nitrogens with zero attached hydrogens (tertiary/aromatic N) is 2. The van der Waals surface area contributed by atoms with Crippen LogP contribution in [0.3, 0.4) is 0 Å². The molecule has 0 bridgehead atoms. The lowest BCUT2D eigenvalue weighted by atomic mass is 10.1. The van der Waals surface area contributed by atoms with Gasteiger partial charge in [-0.3, -0.25) is 20.3 Å². The first-order chi connectivity index (χ1) is 8.97. The number of nitro benzene ring substituents is 1. The molecule has 8 heteroatoms. The van der Waals surface area contributed by atoms with Crippen LogP contribution in [0.2, 0.25) is 5.02 Å². The summed E-state index contributed by atoms with van der Waals surface area (Å²) in [6.45, 7) is 0.682. The maximum atomic E-state index is 12.0. The van der Waals surface area contributed by atoms with E-state index in [4.69, 9.17) is 17.0 Å². The molecule has 0 amide bonds. The average molecular weight is 300 g/mol. The summed E-state index contributed by atoms with van der Waals surface area (Å²) >= 11 is 7.14. The number of halogens is 1. The molecule has 100 valence electrons. The number of carbonyl (C=O) groups is 1. The summed E-state index contributed by atoms with van der Waals surface area (Å²) in [6.07, 6.45) is 0. The Bertz CT molecular complexity index is 564. The Kier molecular flexibility index (Phi) is 4.06. The molecule has 6 nitrogen and oxygen atoms in total. The number of rotatable bonds is 4. The molecule has 0 atom stereocenters. The smallest absolute Gasteiger partial charge is 0.271 e. The number of nitrogens with one attached hydrogen (secondary N) is 1. The van der Waals surface area contributed by atoms with Crippen LogP contribution in [0.5, 0.6) is 0 Å². The number of benzene rings is 1. The number of carbonyl (C=O) groups excluding carboxylic acids is 1. The number of hydrogen-bond acceptors (Lipinski definition) is 5. The van der Waals surface area contributed by atoms with Crippen molar-refractivity contribution in [1.29, 1.82) is 5.41 Å². The minimum atomic E-state index is -0.587. The van der Waals surface area contributed by atoms with Crippen LogP contribution in [0, 0.1) is 15.5 Å². The number of ketones is 1. The minimum Gasteiger partial charge on any atom is -0.343 e. The molecular formula is C11H10ClN3O3S. The monoisotopic (exact) mass is 299 g/mol. The predicted octanol–water partition coefficient (Wildman–Crippen LogP) is 2.41. The van der Waals surface area contributed by atoms with Crippen LogP contribution in [0.1, 0.15) is 10.4 Å². The standard InChI is InChI=1S/C11H10ClN3O3S/c12-8-3-7(4-9(5-8)15(17)18)10(16)6-14-1-2-19-11(14)13/h3-5,13H,1-2,6H2. The van der Waals surface area contributed by atoms with E-state index in [0.29, 0.717) is 11.7 Å². The maximum Gasteiger partial charge on any atom is 0.271 e. The van der Waals surface area contributed by atoms with Gasteiger partial charge in [-0.25, -0.2) is 0 Å². The van der Waals surface area contributed by atoms with Gasteiger partial charge >= 0.3 is 0 Å². The fraction of sp³-hybridized carbons (Fsp3) is 0.273. The Morgan fingerprint density at radius 1 is 1.53 bits per heavy atom. The van der Waals surface area contributed by atoms with Crippen molar-refractivity contribution in [3.8, 4) is 0 Å². The van der Waals surface area contributed by atoms with Crippen molar-refractivity contribution in [2.24, 2.45) is 0 Å². The molecule has 1 saturated heterocycles. The SMILES string of the molecule is N=C1SCCN1CC(=O)c1cc(Cl)cc([N+](=O)[O-])c1. The second kappa shape index (κ2) is 5.58. The van der Waals surface area contributed by atoms with Crippen LogP contribution in [-0.4, -0.2) is 39.6 Å². The van der Waals surface area contributed by atoms with Crippen molar-refractivity contribution in [1.82, 2.24) is 4.90 Å². The van der Waals surface area contributed by atoms with Crippen molar-refractivity contribution in [3.63, 3.8) is 0 Å². The Balaban J connectivity index is 2.19. The van der Waals surface area contributed by atoms with Gasteiger partial charge in [0.25, 0.3) is 5.69 Å². The van der Waals surface area contributed by atoms with Crippen LogP contribution in [0.4, 0.5) is 5.69 Å². The number of nitro groups is 1. The van der Waals surface area contributed by atoms with Gasteiger partial charge < -0.3 is 4.90 Å². The third-order valence-corrected chi connectivity index (χ3v) is 3.77. The zero-order chi connectivity index (χ0) is 14.0. The lowest BCUT2D eigenvalue weighted by Crippen LogP contribution is -2.30. The Hall–Kier alpha value is -1.60. The van der Waals surface area contributed by atoms with Gasteiger partial charge in [0.15, 0.2) is 11.0 Å². The normalized spacial score (nSPS) is 14.8. The first-order valence-electron chi connectivity index (χ1n) is 5.42. The van der Waals surface area contributed by atoms with Gasteiger partial charge in [0.05, 0.1) is 11.5 Å². The highest BCUT2D eigenvalue weighted by atomic mass is 35.5. The Morgan fingerprint density at radius 3 is 2.84 bits per heavy atom. The molecule has 0 radical (unpaired) electrons. The quantitative estimate of drug-likeness (QED) is 0.524. The lowest BCUT2D eigenvalue weighted by Gasteiger charge is -2.15. The summed E-state index contributed by atoms with van der Waals surface area (Å²) in [4.78, 5) is 23.8. The van der Waals surface area contributed by atoms with Crippen LogP contribution in [0.25, 0.3) is 0 Å². The summed E-state index contributed by atoms with van der Waals surface area (Å²) in [5.41, 5.74) is -0.00868. The number of amidine groups is 1. The first-order valence-corrected chi connectivity index (χ1v) is 6.78. The van der Waals surface area contributed by atoms with Crippen molar-refractivity contribution in [3.05, 3.63) is 38.9 Å². The summed E-state index contributed by atoms with van der Waals surface area (Å²) in [5.74, 6) is 0.500. The van der Waals surface area contributed by atoms with Crippen LogP contribution in [0.15, 0.2) is 18.2 Å². The summed E-state index contributed by atoms with van der Waals surface area (Å²) < 4.78 is 0. The van der Waals surface area contributed by atoms with E-state index in [-0.39, 0.29) is 28.6 Å². The van der Waals surface area contributed by atoms with Gasteiger partial charge in [0.2, 0.25) is 0 Å². The van der Waals surface area contributed by atoms with Crippen molar-refractivity contribution < 1.29 is 9.72 Å². The molecule has 19 heavy (non-hydrogen) atoms. The Morgan fingerprint density at radius 2 is 2.26 bits per heavy atom. The second-order valence-electron chi connectivity index (χ2n) is 3.95. The summed E-state index contributed by atoms with van der Waals surface area (Å²) in [7, 11) is 0. The zero-order valence-corrected chi connectivity index (χ0v) is 11.3. The van der Waals surface area contributed by atoms with Crippen molar-refractivity contribution in [2.45, 2.75) is 0 Å². The first kappa shape index (κ1) is 13.8. The molecule has 0 aliphatic carbocycles. The molecule has 0 aromatic heterocycles. The summed E-state index contributed by atoms with van der Waals surface area (Å²) in [6, 6.07) is 3.82. The third kappa shape index (κ3) is 3.24. The highest BCUT2D eigenvalue weighted by molar-refractivity contribution is 8.14. The van der Waals surface area contributed by atoms with Gasteiger partial charge in [-0.15, -0.1) is 0 Å². The van der Waals surface area contributed by atoms with Gasteiger partial charge in [0.1, 0.15) is 0 Å². The number of Topliss-reactive ketones (excluding diaryl/α,β-unsaturated/α-hetero) is 1. The van der Waals surface area contributed by atoms with E-state index in [1.807, 2.05) is 0 Å². The van der Waals surface area contributed by atoms with Crippen molar-refractivity contribution >= 4 is 40.0 Å². The molecule has 2 rings (SSSR count). The molecule has 0 unspecified atom stereocenters. The molecule has 1 heterocycles. The summed E-state index contributed by atoms with van der Waals surface area (Å²) in [5, 5.41) is 18.8. The van der Waals surface area contributed by atoms with Gasteiger partial charge in [-0.2, -0.15) is 0 Å². The van der Waals surface area contributed by atoms with E-state index in [2.05, 4.69) is 0 Å². The topological polar surface area (TPSA) is 87.3 Å². The lowest BCUT2D eigenvalue weighted by molar-refractivity contribution is -0.384. The second-order valence-corrected chi connectivity index (χ2v) is 5.47. The maximum absolute atomic E-state index is 12.0. The highest BCUT2D eigenvalue weighted by Crippen LogP contribution is 2.22. The fourth-order valence-corrected chi connectivity index (χ4v) is 2.77. The van der Waals surface area contributed by atoms with Crippen LogP contribution >= 0.6 is 23.4 Å².